The molecular weight excluding hydrogens is 506 g/mol. The fourth-order valence-electron chi connectivity index (χ4n) is 3.64. The second-order valence-electron chi connectivity index (χ2n) is 8.12. The predicted octanol–water partition coefficient (Wildman–Crippen LogP) is 2.40. The van der Waals surface area contributed by atoms with Crippen LogP contribution >= 0.6 is 15.2 Å². The molecule has 6 N–H and O–H groups in total. The van der Waals surface area contributed by atoms with E-state index in [4.69, 9.17) is 0 Å². The van der Waals surface area contributed by atoms with Gasteiger partial charge in [-0.25, -0.2) is 0 Å². The maximum absolute atomic E-state index is 11.9. The van der Waals surface area contributed by atoms with E-state index in [9.17, 15) is 38.3 Å². The molecule has 36 heavy (non-hydrogen) atoms. The Morgan fingerprint density at radius 2 is 1.08 bits per heavy atom. The van der Waals surface area contributed by atoms with Crippen molar-refractivity contribution in [1.29, 1.82) is 0 Å². The zero-order valence-electron chi connectivity index (χ0n) is 19.6. The van der Waals surface area contributed by atoms with Crippen LogP contribution in [0.2, 0.25) is 0 Å². The molecule has 0 bridgehead atoms. The average Bonchev–Trinajstić information content (AvgIpc) is 2.77. The molecule has 2 rings (SSSR count). The van der Waals surface area contributed by atoms with E-state index < -0.39 is 27.5 Å². The Hall–Kier alpha value is -2.84. The van der Waals surface area contributed by atoms with Crippen molar-refractivity contribution in [3.63, 3.8) is 0 Å². The van der Waals surface area contributed by atoms with E-state index in [1.54, 1.807) is 36.4 Å². The highest BCUT2D eigenvalue weighted by molar-refractivity contribution is 7.51. The highest BCUT2D eigenvalue weighted by atomic mass is 31.2. The normalized spacial score (nSPS) is 11.6. The lowest BCUT2D eigenvalue weighted by Gasteiger charge is -2.18. The van der Waals surface area contributed by atoms with E-state index in [1.807, 2.05) is 0 Å². The van der Waals surface area contributed by atoms with Crippen molar-refractivity contribution in [2.24, 2.45) is 0 Å². The number of rotatable bonds is 13. The quantitative estimate of drug-likeness (QED) is 0.167. The summed E-state index contributed by atoms with van der Waals surface area (Å²) in [5, 5.41) is 5.27. The lowest BCUT2D eigenvalue weighted by molar-refractivity contribution is -0.117. The number of carbonyl (C=O) groups is 2. The number of nitrogens with one attached hydrogen (secondary N) is 2. The molecule has 10 nitrogen and oxygen atoms in total. The summed E-state index contributed by atoms with van der Waals surface area (Å²) in [5.74, 6) is -0.679. The van der Waals surface area contributed by atoms with Crippen molar-refractivity contribution in [2.75, 3.05) is 13.1 Å². The molecule has 2 aromatic carbocycles. The van der Waals surface area contributed by atoms with Crippen LogP contribution in [0.3, 0.4) is 0 Å². The van der Waals surface area contributed by atoms with E-state index >= 15 is 0 Å². The van der Waals surface area contributed by atoms with E-state index in [2.05, 4.69) is 23.8 Å². The minimum atomic E-state index is -4.48. The summed E-state index contributed by atoms with van der Waals surface area (Å²) in [4.78, 5) is 61.3. The first-order valence-corrected chi connectivity index (χ1v) is 14.5. The molecule has 0 aliphatic heterocycles. The summed E-state index contributed by atoms with van der Waals surface area (Å²) in [6.45, 7) is 7.34. The molecule has 0 heterocycles. The fourth-order valence-corrected chi connectivity index (χ4v) is 5.05. The van der Waals surface area contributed by atoms with Crippen molar-refractivity contribution in [3.05, 3.63) is 84.0 Å². The van der Waals surface area contributed by atoms with Gasteiger partial charge in [0.2, 0.25) is 11.8 Å². The molecule has 0 atom stereocenters. The summed E-state index contributed by atoms with van der Waals surface area (Å²) in [5.41, 5.74) is 2.94. The predicted molar refractivity (Wildman–Crippen MR) is 137 cm³/mol. The van der Waals surface area contributed by atoms with Crippen LogP contribution in [-0.4, -0.2) is 44.5 Å². The Kier molecular flexibility index (Phi) is 10.5. The minimum Gasteiger partial charge on any atom is -0.352 e. The van der Waals surface area contributed by atoms with E-state index in [0.29, 0.717) is 48.2 Å². The molecule has 0 saturated carbocycles. The monoisotopic (exact) mass is 536 g/mol. The number of hydrogen-bond donors (Lipinski definition) is 6. The number of amides is 2. The van der Waals surface area contributed by atoms with Crippen LogP contribution in [0, 0.1) is 0 Å². The summed E-state index contributed by atoms with van der Waals surface area (Å²) in [6, 6.07) is 10.0. The van der Waals surface area contributed by atoms with Crippen LogP contribution in [-0.2, 0) is 43.9 Å². The molecule has 0 saturated heterocycles. The van der Waals surface area contributed by atoms with Gasteiger partial charge >= 0.3 is 15.2 Å². The smallest absolute Gasteiger partial charge is 0.329 e. The molecule has 0 aliphatic carbocycles. The second-order valence-corrected chi connectivity index (χ2v) is 11.4. The Labute approximate surface area is 209 Å². The molecule has 2 aromatic rings. The summed E-state index contributed by atoms with van der Waals surface area (Å²) < 4.78 is 23.7. The molecule has 0 aromatic heterocycles. The highest BCUT2D eigenvalue weighted by Crippen LogP contribution is 2.45. The third-order valence-corrected chi connectivity index (χ3v) is 6.68. The van der Waals surface area contributed by atoms with Gasteiger partial charge in [0.15, 0.2) is 0 Å². The van der Waals surface area contributed by atoms with Gasteiger partial charge in [0, 0.05) is 13.1 Å². The van der Waals surface area contributed by atoms with E-state index in [1.165, 1.54) is 0 Å². The molecule has 0 radical (unpaired) electrons. The Bertz CT molecular complexity index is 1140. The lowest BCUT2D eigenvalue weighted by atomic mass is 9.93. The molecule has 0 aliphatic rings. The molecule has 0 spiro atoms. The van der Waals surface area contributed by atoms with Crippen molar-refractivity contribution >= 4 is 27.0 Å². The van der Waals surface area contributed by atoms with Crippen molar-refractivity contribution in [2.45, 2.75) is 25.2 Å². The Morgan fingerprint density at radius 3 is 1.39 bits per heavy atom. The van der Waals surface area contributed by atoms with Gasteiger partial charge in [0.1, 0.15) is 0 Å². The molecule has 12 heteroatoms. The SMILES string of the molecule is C=CC(=O)NCCc1ccc(-c2ccc(CCNC(=O)C=C)cc2CP(=O)(O)O)c(CP(=O)(O)O)c1. The first-order chi connectivity index (χ1) is 16.8. The fraction of sp³-hybridized carbons (Fsp3) is 0.250. The van der Waals surface area contributed by atoms with Crippen LogP contribution in [0.5, 0.6) is 0 Å². The van der Waals surface area contributed by atoms with Crippen LogP contribution in [0.15, 0.2) is 61.7 Å². The minimum absolute atomic E-state index is 0.292. The molecule has 0 fully saturated rings. The summed E-state index contributed by atoms with van der Waals surface area (Å²) in [6.07, 6.45) is 1.95. The number of carbonyl (C=O) groups excluding carboxylic acids is 2. The zero-order valence-corrected chi connectivity index (χ0v) is 21.4. The van der Waals surface area contributed by atoms with Crippen LogP contribution < -0.4 is 10.6 Å². The van der Waals surface area contributed by atoms with Gasteiger partial charge in [0.05, 0.1) is 12.3 Å². The first kappa shape index (κ1) is 29.4. The maximum atomic E-state index is 11.9. The van der Waals surface area contributed by atoms with Crippen LogP contribution in [0.25, 0.3) is 11.1 Å². The standard InChI is InChI=1S/C24H30N2O8P2/c1-3-23(27)25-11-9-17-5-7-21(19(13-17)15-35(29,30)31)22-8-6-18(10-12-26-24(28)4-2)14-20(22)16-36(32,33)34/h3-8,13-14H,1-2,9-12,15-16H2,(H,25,27)(H,26,28)(H2,29,30,31)(H2,32,33,34). The van der Waals surface area contributed by atoms with Crippen molar-refractivity contribution < 1.29 is 38.3 Å². The average molecular weight is 536 g/mol. The third-order valence-electron chi connectivity index (χ3n) is 5.18. The first-order valence-electron chi connectivity index (χ1n) is 10.9. The van der Waals surface area contributed by atoms with Gasteiger partial charge in [-0.2, -0.15) is 0 Å². The highest BCUT2D eigenvalue weighted by Gasteiger charge is 2.22. The largest absolute Gasteiger partial charge is 0.352 e. The summed E-state index contributed by atoms with van der Waals surface area (Å²) in [7, 11) is -8.96. The van der Waals surface area contributed by atoms with Crippen LogP contribution in [0.1, 0.15) is 22.3 Å². The molecule has 194 valence electrons. The topological polar surface area (TPSA) is 173 Å². The Balaban J connectivity index is 2.47. The van der Waals surface area contributed by atoms with Crippen molar-refractivity contribution in [3.8, 4) is 11.1 Å². The van der Waals surface area contributed by atoms with Gasteiger partial charge in [-0.05, 0) is 58.4 Å². The van der Waals surface area contributed by atoms with E-state index in [-0.39, 0.29) is 11.8 Å². The maximum Gasteiger partial charge on any atom is 0.329 e. The van der Waals surface area contributed by atoms with Gasteiger partial charge < -0.3 is 30.2 Å². The van der Waals surface area contributed by atoms with Gasteiger partial charge in [0.25, 0.3) is 0 Å². The van der Waals surface area contributed by atoms with Crippen molar-refractivity contribution in [1.82, 2.24) is 10.6 Å². The Morgan fingerprint density at radius 1 is 0.722 bits per heavy atom. The molecule has 0 unspecified atom stereocenters. The van der Waals surface area contributed by atoms with Gasteiger partial charge in [-0.1, -0.05) is 49.6 Å². The summed E-state index contributed by atoms with van der Waals surface area (Å²) >= 11 is 0. The molecule has 2 amide bonds. The lowest BCUT2D eigenvalue weighted by Crippen LogP contribution is -2.23. The number of benzene rings is 2. The third kappa shape index (κ3) is 10.0. The second kappa shape index (κ2) is 12.9. The number of hydrogen-bond acceptors (Lipinski definition) is 4. The zero-order chi connectivity index (χ0) is 26.9. The van der Waals surface area contributed by atoms with E-state index in [0.717, 1.165) is 23.3 Å². The van der Waals surface area contributed by atoms with Crippen LogP contribution in [0.4, 0.5) is 0 Å². The van der Waals surface area contributed by atoms with Gasteiger partial charge in [-0.3, -0.25) is 18.7 Å². The molecular formula is C24H30N2O8P2. The van der Waals surface area contributed by atoms with Gasteiger partial charge in [-0.15, -0.1) is 0 Å².